The first-order valence-corrected chi connectivity index (χ1v) is 7.45. The van der Waals surface area contributed by atoms with Crippen molar-refractivity contribution in [3.63, 3.8) is 0 Å². The van der Waals surface area contributed by atoms with E-state index in [0.717, 1.165) is 5.56 Å². The number of carbonyl (C=O) groups is 1. The molecule has 0 radical (unpaired) electrons. The van der Waals surface area contributed by atoms with Crippen LogP contribution in [0.2, 0.25) is 0 Å². The molecule has 0 aromatic heterocycles. The van der Waals surface area contributed by atoms with Crippen molar-refractivity contribution in [2.45, 2.75) is 20.3 Å². The van der Waals surface area contributed by atoms with E-state index in [1.165, 1.54) is 6.07 Å². The molecule has 6 heteroatoms. The summed E-state index contributed by atoms with van der Waals surface area (Å²) in [5, 5.41) is 22.5. The highest BCUT2D eigenvalue weighted by molar-refractivity contribution is 6.04. The Morgan fingerprint density at radius 2 is 2.08 bits per heavy atom. The van der Waals surface area contributed by atoms with E-state index in [1.807, 2.05) is 13.0 Å². The minimum absolute atomic E-state index is 0.0376. The molecule has 0 aliphatic heterocycles. The number of carbonyl (C=O) groups excluding carboxylic acids is 1. The quantitative estimate of drug-likeness (QED) is 0.667. The largest absolute Gasteiger partial charge is 0.322 e. The van der Waals surface area contributed by atoms with Gasteiger partial charge in [0.2, 0.25) is 0 Å². The van der Waals surface area contributed by atoms with Gasteiger partial charge in [-0.05, 0) is 44.0 Å². The number of hydrogen-bond donors (Lipinski definition) is 1. The van der Waals surface area contributed by atoms with E-state index < -0.39 is 4.92 Å². The molecule has 122 valence electrons. The Hall–Kier alpha value is -3.20. The normalized spacial score (nSPS) is 11.4. The highest BCUT2D eigenvalue weighted by atomic mass is 16.6. The molecule has 0 spiro atoms. The fourth-order valence-electron chi connectivity index (χ4n) is 2.33. The average molecular weight is 323 g/mol. The molecule has 6 nitrogen and oxygen atoms in total. The zero-order valence-corrected chi connectivity index (χ0v) is 13.4. The van der Waals surface area contributed by atoms with Gasteiger partial charge in [-0.25, -0.2) is 0 Å². The number of benzene rings is 2. The average Bonchev–Trinajstić information content (AvgIpc) is 2.56. The summed E-state index contributed by atoms with van der Waals surface area (Å²) in [7, 11) is 0. The predicted octanol–water partition coefficient (Wildman–Crippen LogP) is 3.86. The van der Waals surface area contributed by atoms with Crippen LogP contribution in [-0.4, -0.2) is 10.8 Å². The lowest BCUT2D eigenvalue weighted by Gasteiger charge is -2.08. The van der Waals surface area contributed by atoms with Crippen molar-refractivity contribution in [2.24, 2.45) is 5.92 Å². The van der Waals surface area contributed by atoms with Gasteiger partial charge in [0.25, 0.3) is 11.6 Å². The summed E-state index contributed by atoms with van der Waals surface area (Å²) in [4.78, 5) is 22.8. The Balaban J connectivity index is 2.18. The van der Waals surface area contributed by atoms with Crippen LogP contribution in [0, 0.1) is 34.3 Å². The van der Waals surface area contributed by atoms with Gasteiger partial charge in [-0.1, -0.05) is 18.2 Å². The van der Waals surface area contributed by atoms with Crippen LogP contribution in [0.25, 0.3) is 0 Å². The molecule has 2 rings (SSSR count). The summed E-state index contributed by atoms with van der Waals surface area (Å²) in [6.45, 7) is 3.46. The SMILES string of the molecule is Cc1ccc(NC(=O)c2cccc(CC(C)C#N)c2)cc1[N+](=O)[O-]. The lowest BCUT2D eigenvalue weighted by Crippen LogP contribution is -2.12. The molecule has 0 fully saturated rings. The first kappa shape index (κ1) is 17.2. The summed E-state index contributed by atoms with van der Waals surface area (Å²) < 4.78 is 0. The van der Waals surface area contributed by atoms with E-state index in [4.69, 9.17) is 5.26 Å². The second-order valence-corrected chi connectivity index (χ2v) is 5.65. The van der Waals surface area contributed by atoms with Gasteiger partial charge in [0.05, 0.1) is 11.0 Å². The summed E-state index contributed by atoms with van der Waals surface area (Å²) in [6, 6.07) is 13.7. The third-order valence-electron chi connectivity index (χ3n) is 3.62. The van der Waals surface area contributed by atoms with Crippen LogP contribution in [-0.2, 0) is 6.42 Å². The lowest BCUT2D eigenvalue weighted by atomic mass is 10.0. The number of nitrogens with one attached hydrogen (secondary N) is 1. The molecule has 2 aromatic carbocycles. The smallest absolute Gasteiger partial charge is 0.274 e. The minimum Gasteiger partial charge on any atom is -0.322 e. The minimum atomic E-state index is -0.477. The zero-order chi connectivity index (χ0) is 17.7. The molecule has 1 amide bonds. The van der Waals surface area contributed by atoms with Gasteiger partial charge in [0.1, 0.15) is 0 Å². The Labute approximate surface area is 139 Å². The maximum absolute atomic E-state index is 12.3. The van der Waals surface area contributed by atoms with Crippen molar-refractivity contribution < 1.29 is 9.72 Å². The summed E-state index contributed by atoms with van der Waals surface area (Å²) in [5.74, 6) is -0.484. The molecule has 0 aliphatic carbocycles. The van der Waals surface area contributed by atoms with Crippen LogP contribution in [0.3, 0.4) is 0 Å². The number of rotatable bonds is 5. The summed E-state index contributed by atoms with van der Waals surface area (Å²) in [5.41, 5.74) is 2.20. The summed E-state index contributed by atoms with van der Waals surface area (Å²) in [6.07, 6.45) is 0.563. The Morgan fingerprint density at radius 1 is 1.33 bits per heavy atom. The molecule has 24 heavy (non-hydrogen) atoms. The summed E-state index contributed by atoms with van der Waals surface area (Å²) >= 11 is 0. The van der Waals surface area contributed by atoms with Gasteiger partial charge in [0, 0.05) is 28.8 Å². The third-order valence-corrected chi connectivity index (χ3v) is 3.62. The van der Waals surface area contributed by atoms with E-state index in [0.29, 0.717) is 23.2 Å². The number of aryl methyl sites for hydroxylation is 1. The van der Waals surface area contributed by atoms with Crippen molar-refractivity contribution >= 4 is 17.3 Å². The number of anilines is 1. The Kier molecular flexibility index (Phi) is 5.27. The molecular weight excluding hydrogens is 306 g/mol. The van der Waals surface area contributed by atoms with Gasteiger partial charge in [0.15, 0.2) is 0 Å². The van der Waals surface area contributed by atoms with Crippen LogP contribution in [0.15, 0.2) is 42.5 Å². The van der Waals surface area contributed by atoms with E-state index in [1.54, 1.807) is 37.3 Å². The molecule has 2 aromatic rings. The molecule has 0 aliphatic rings. The number of nitro groups is 1. The number of hydrogen-bond acceptors (Lipinski definition) is 4. The second kappa shape index (κ2) is 7.38. The fraction of sp³-hybridized carbons (Fsp3) is 0.222. The molecule has 1 unspecified atom stereocenters. The van der Waals surface area contributed by atoms with Crippen LogP contribution in [0.1, 0.15) is 28.4 Å². The van der Waals surface area contributed by atoms with Gasteiger partial charge >= 0.3 is 0 Å². The maximum Gasteiger partial charge on any atom is 0.274 e. The van der Waals surface area contributed by atoms with E-state index >= 15 is 0 Å². The number of nitro benzene ring substituents is 1. The molecule has 0 heterocycles. The first-order valence-electron chi connectivity index (χ1n) is 7.45. The monoisotopic (exact) mass is 323 g/mol. The van der Waals surface area contributed by atoms with Gasteiger partial charge in [-0.2, -0.15) is 5.26 Å². The first-order chi connectivity index (χ1) is 11.4. The van der Waals surface area contributed by atoms with E-state index in [9.17, 15) is 14.9 Å². The third kappa shape index (κ3) is 4.17. The van der Waals surface area contributed by atoms with Gasteiger partial charge in [-0.15, -0.1) is 0 Å². The number of nitrogens with zero attached hydrogens (tertiary/aromatic N) is 2. The fourth-order valence-corrected chi connectivity index (χ4v) is 2.33. The highest BCUT2D eigenvalue weighted by Gasteiger charge is 2.13. The number of nitriles is 1. The molecule has 0 saturated heterocycles. The van der Waals surface area contributed by atoms with Crippen molar-refractivity contribution in [1.82, 2.24) is 0 Å². The van der Waals surface area contributed by atoms with Crippen LogP contribution >= 0.6 is 0 Å². The molecule has 0 saturated carbocycles. The lowest BCUT2D eigenvalue weighted by molar-refractivity contribution is -0.385. The van der Waals surface area contributed by atoms with Gasteiger partial charge in [-0.3, -0.25) is 14.9 Å². The van der Waals surface area contributed by atoms with E-state index in [2.05, 4.69) is 11.4 Å². The maximum atomic E-state index is 12.3. The predicted molar refractivity (Wildman–Crippen MR) is 90.7 cm³/mol. The van der Waals surface area contributed by atoms with Crippen LogP contribution < -0.4 is 5.32 Å². The Morgan fingerprint density at radius 3 is 2.75 bits per heavy atom. The molecular formula is C18H17N3O3. The topological polar surface area (TPSA) is 96.0 Å². The second-order valence-electron chi connectivity index (χ2n) is 5.65. The van der Waals surface area contributed by atoms with E-state index in [-0.39, 0.29) is 17.5 Å². The highest BCUT2D eigenvalue weighted by Crippen LogP contribution is 2.23. The van der Waals surface area contributed by atoms with Gasteiger partial charge < -0.3 is 5.32 Å². The zero-order valence-electron chi connectivity index (χ0n) is 13.4. The van der Waals surface area contributed by atoms with Crippen LogP contribution in [0.5, 0.6) is 0 Å². The van der Waals surface area contributed by atoms with Crippen molar-refractivity contribution in [3.05, 3.63) is 69.3 Å². The molecule has 0 bridgehead atoms. The standard InChI is InChI=1S/C18H17N3O3/c1-12(11-19)8-14-4-3-5-15(9-14)18(22)20-16-7-6-13(2)17(10-16)21(23)24/h3-7,9-10,12H,8H2,1-2H3,(H,20,22). The van der Waals surface area contributed by atoms with Crippen molar-refractivity contribution in [2.75, 3.05) is 5.32 Å². The number of amides is 1. The Bertz CT molecular complexity index is 824. The van der Waals surface area contributed by atoms with Crippen molar-refractivity contribution in [3.8, 4) is 6.07 Å². The van der Waals surface area contributed by atoms with Crippen molar-refractivity contribution in [1.29, 1.82) is 5.26 Å². The van der Waals surface area contributed by atoms with Crippen LogP contribution in [0.4, 0.5) is 11.4 Å². The molecule has 1 N–H and O–H groups in total. The molecule has 1 atom stereocenters.